The van der Waals surface area contributed by atoms with Crippen molar-refractivity contribution in [2.24, 2.45) is 21.4 Å². The summed E-state index contributed by atoms with van der Waals surface area (Å²) in [6.45, 7) is 6.19. The first-order valence-corrected chi connectivity index (χ1v) is 11.7. The Morgan fingerprint density at radius 3 is 2.48 bits per heavy atom. The molecule has 2 aliphatic rings. The third kappa shape index (κ3) is 3.71. The third-order valence-corrected chi connectivity index (χ3v) is 8.52. The number of amides is 1. The topological polar surface area (TPSA) is 111 Å². The Morgan fingerprint density at radius 1 is 1.12 bits per heavy atom. The van der Waals surface area contributed by atoms with Gasteiger partial charge in [0.25, 0.3) is 5.69 Å². The molecule has 2 atom stereocenters. The van der Waals surface area contributed by atoms with Crippen molar-refractivity contribution < 1.29 is 19.3 Å². The second-order valence-electron chi connectivity index (χ2n) is 9.40. The number of halogens is 1. The summed E-state index contributed by atoms with van der Waals surface area (Å²) in [5, 5.41) is 18.2. The normalized spacial score (nSPS) is 26.2. The second-order valence-corrected chi connectivity index (χ2v) is 10.6. The van der Waals surface area contributed by atoms with Crippen LogP contribution in [0.25, 0.3) is 0 Å². The summed E-state index contributed by atoms with van der Waals surface area (Å²) in [6.07, 6.45) is 1.84. The molecule has 1 amide bonds. The molecule has 0 aromatic heterocycles. The predicted octanol–water partition coefficient (Wildman–Crippen LogP) is 5.57. The smallest absolute Gasteiger partial charge is 0.326 e. The number of benzene rings is 2. The number of nitrogens with zero attached hydrogens (tertiary/aromatic N) is 2. The van der Waals surface area contributed by atoms with E-state index in [1.807, 2.05) is 24.3 Å². The SMILES string of the molecule is CC12CCC(C(=O)Nc3ccc(I)cc3)(CC1=NOC(=O)c1cccc([N+](=O)[O-])c1)C2(C)C. The zero-order valence-electron chi connectivity index (χ0n) is 18.6. The Kier molecular flexibility index (Phi) is 5.80. The number of rotatable bonds is 5. The fraction of sp³-hybridized carbons (Fsp3) is 0.375. The summed E-state index contributed by atoms with van der Waals surface area (Å²) in [4.78, 5) is 41.6. The van der Waals surface area contributed by atoms with Gasteiger partial charge in [0.15, 0.2) is 0 Å². The van der Waals surface area contributed by atoms with Crippen molar-refractivity contribution in [3.8, 4) is 0 Å². The number of hydrogen-bond donors (Lipinski definition) is 1. The average Bonchev–Trinajstić information content (AvgIpc) is 3.09. The van der Waals surface area contributed by atoms with Crippen LogP contribution < -0.4 is 5.32 Å². The van der Waals surface area contributed by atoms with Crippen LogP contribution in [0.4, 0.5) is 11.4 Å². The maximum absolute atomic E-state index is 13.5. The van der Waals surface area contributed by atoms with Crippen molar-refractivity contribution in [3.05, 3.63) is 67.8 Å². The first-order valence-electron chi connectivity index (χ1n) is 10.6. The number of fused-ring (bicyclic) bond motifs is 2. The van der Waals surface area contributed by atoms with E-state index in [9.17, 15) is 19.7 Å². The van der Waals surface area contributed by atoms with E-state index in [0.29, 0.717) is 18.6 Å². The lowest BCUT2D eigenvalue weighted by molar-refractivity contribution is -0.384. The lowest BCUT2D eigenvalue weighted by Crippen LogP contribution is -2.43. The molecule has 4 rings (SSSR count). The molecule has 0 heterocycles. The van der Waals surface area contributed by atoms with Crippen molar-refractivity contribution in [2.75, 3.05) is 5.32 Å². The molecule has 2 aromatic carbocycles. The first kappa shape index (κ1) is 23.3. The molecule has 2 fully saturated rings. The third-order valence-electron chi connectivity index (χ3n) is 7.80. The Labute approximate surface area is 205 Å². The predicted molar refractivity (Wildman–Crippen MR) is 132 cm³/mol. The van der Waals surface area contributed by atoms with Crippen LogP contribution in [-0.2, 0) is 9.63 Å². The van der Waals surface area contributed by atoms with Crippen LogP contribution in [0, 0.1) is 29.9 Å². The van der Waals surface area contributed by atoms with E-state index < -0.39 is 27.1 Å². The Balaban J connectivity index is 1.57. The molecule has 0 spiro atoms. The molecule has 9 heteroatoms. The van der Waals surface area contributed by atoms with Crippen LogP contribution in [0.15, 0.2) is 53.7 Å². The van der Waals surface area contributed by atoms with Gasteiger partial charge in [0, 0.05) is 33.2 Å². The molecule has 2 saturated carbocycles. The van der Waals surface area contributed by atoms with Gasteiger partial charge in [-0.2, -0.15) is 0 Å². The van der Waals surface area contributed by atoms with Gasteiger partial charge in [-0.15, -0.1) is 0 Å². The molecule has 2 unspecified atom stereocenters. The Morgan fingerprint density at radius 2 is 1.82 bits per heavy atom. The fourth-order valence-electron chi connectivity index (χ4n) is 5.20. The van der Waals surface area contributed by atoms with Gasteiger partial charge in [-0.25, -0.2) is 4.79 Å². The molecule has 0 aliphatic heterocycles. The Bertz CT molecular complexity index is 1180. The van der Waals surface area contributed by atoms with E-state index in [0.717, 1.165) is 21.7 Å². The monoisotopic (exact) mass is 561 g/mol. The number of anilines is 1. The van der Waals surface area contributed by atoms with E-state index in [-0.39, 0.29) is 17.2 Å². The molecule has 33 heavy (non-hydrogen) atoms. The number of carbonyl (C=O) groups is 2. The zero-order chi connectivity index (χ0) is 24.0. The van der Waals surface area contributed by atoms with Crippen molar-refractivity contribution in [2.45, 2.75) is 40.0 Å². The van der Waals surface area contributed by atoms with Crippen molar-refractivity contribution in [3.63, 3.8) is 0 Å². The van der Waals surface area contributed by atoms with Gasteiger partial charge in [0.1, 0.15) is 0 Å². The summed E-state index contributed by atoms with van der Waals surface area (Å²) in [6, 6.07) is 13.0. The van der Waals surface area contributed by atoms with Crippen molar-refractivity contribution >= 4 is 51.6 Å². The van der Waals surface area contributed by atoms with Gasteiger partial charge in [-0.3, -0.25) is 14.9 Å². The Hall–Kier alpha value is -2.82. The van der Waals surface area contributed by atoms with Gasteiger partial charge < -0.3 is 10.2 Å². The van der Waals surface area contributed by atoms with E-state index in [2.05, 4.69) is 53.8 Å². The highest BCUT2D eigenvalue weighted by atomic mass is 127. The number of non-ortho nitro benzene ring substituents is 1. The summed E-state index contributed by atoms with van der Waals surface area (Å²) in [7, 11) is 0. The molecular formula is C24H24IN3O5. The standard InChI is InChI=1S/C24H24IN3O5/c1-22(2)23(3)11-12-24(22,21(30)26-17-9-7-16(25)8-10-17)14-19(23)27-33-20(29)15-5-4-6-18(13-15)28(31)32/h4-10,13H,11-12,14H2,1-3H3,(H,26,30). The minimum atomic E-state index is -0.771. The number of nitrogens with one attached hydrogen (secondary N) is 1. The van der Waals surface area contributed by atoms with Gasteiger partial charge >= 0.3 is 5.97 Å². The number of hydrogen-bond acceptors (Lipinski definition) is 6. The number of carbonyl (C=O) groups excluding carboxylic acids is 2. The largest absolute Gasteiger partial charge is 0.365 e. The maximum atomic E-state index is 13.5. The lowest BCUT2D eigenvalue weighted by Gasteiger charge is -2.39. The first-order chi connectivity index (χ1) is 15.5. The zero-order valence-corrected chi connectivity index (χ0v) is 20.7. The highest BCUT2D eigenvalue weighted by Gasteiger charge is 2.71. The van der Waals surface area contributed by atoms with Crippen LogP contribution in [0.1, 0.15) is 50.4 Å². The molecule has 0 radical (unpaired) electrons. The molecule has 2 bridgehead atoms. The van der Waals surface area contributed by atoms with E-state index in [4.69, 9.17) is 4.84 Å². The van der Waals surface area contributed by atoms with Gasteiger partial charge in [0.05, 0.1) is 21.6 Å². The highest BCUT2D eigenvalue weighted by Crippen LogP contribution is 2.71. The summed E-state index contributed by atoms with van der Waals surface area (Å²) >= 11 is 2.22. The van der Waals surface area contributed by atoms with Crippen molar-refractivity contribution in [1.29, 1.82) is 0 Å². The van der Waals surface area contributed by atoms with E-state index in [1.54, 1.807) is 0 Å². The van der Waals surface area contributed by atoms with Crippen LogP contribution in [0.2, 0.25) is 0 Å². The summed E-state index contributed by atoms with van der Waals surface area (Å²) in [5.74, 6) is -0.833. The number of oxime groups is 1. The van der Waals surface area contributed by atoms with E-state index >= 15 is 0 Å². The molecule has 1 N–H and O–H groups in total. The van der Waals surface area contributed by atoms with Crippen LogP contribution in [-0.4, -0.2) is 22.5 Å². The highest BCUT2D eigenvalue weighted by molar-refractivity contribution is 14.1. The minimum absolute atomic E-state index is 0.0484. The maximum Gasteiger partial charge on any atom is 0.365 e. The molecule has 172 valence electrons. The van der Waals surface area contributed by atoms with Crippen molar-refractivity contribution in [1.82, 2.24) is 0 Å². The molecule has 2 aliphatic carbocycles. The van der Waals surface area contributed by atoms with Crippen LogP contribution in [0.5, 0.6) is 0 Å². The summed E-state index contributed by atoms with van der Waals surface area (Å²) < 4.78 is 1.08. The number of nitro benzene ring substituents is 1. The number of nitro groups is 1. The van der Waals surface area contributed by atoms with Gasteiger partial charge in [-0.1, -0.05) is 32.0 Å². The lowest BCUT2D eigenvalue weighted by atomic mass is 9.64. The minimum Gasteiger partial charge on any atom is -0.326 e. The second kappa shape index (κ2) is 8.19. The van der Waals surface area contributed by atoms with Crippen LogP contribution in [0.3, 0.4) is 0 Å². The molecular weight excluding hydrogens is 537 g/mol. The quantitative estimate of drug-likeness (QED) is 0.222. The molecule has 0 saturated heterocycles. The molecule has 2 aromatic rings. The van der Waals surface area contributed by atoms with Gasteiger partial charge in [0.2, 0.25) is 5.91 Å². The molecule has 8 nitrogen and oxygen atoms in total. The fourth-order valence-corrected chi connectivity index (χ4v) is 5.56. The van der Waals surface area contributed by atoms with E-state index in [1.165, 1.54) is 18.2 Å². The van der Waals surface area contributed by atoms with Crippen LogP contribution >= 0.6 is 22.6 Å². The average molecular weight is 561 g/mol. The van der Waals surface area contributed by atoms with Gasteiger partial charge in [-0.05, 0) is 71.2 Å². The summed E-state index contributed by atoms with van der Waals surface area (Å²) in [5.41, 5.74) is -0.258.